The van der Waals surface area contributed by atoms with Crippen LogP contribution in [0.1, 0.15) is 16.2 Å². The van der Waals surface area contributed by atoms with E-state index >= 15 is 0 Å². The van der Waals surface area contributed by atoms with E-state index in [1.165, 1.54) is 0 Å². The van der Waals surface area contributed by atoms with E-state index in [9.17, 15) is 4.79 Å². The van der Waals surface area contributed by atoms with Gasteiger partial charge in [0.15, 0.2) is 0 Å². The number of benzene rings is 2. The third-order valence-corrected chi connectivity index (χ3v) is 5.32. The smallest absolute Gasteiger partial charge is 0.272 e. The van der Waals surface area contributed by atoms with Crippen molar-refractivity contribution in [2.24, 2.45) is 0 Å². The van der Waals surface area contributed by atoms with Gasteiger partial charge in [0.1, 0.15) is 11.4 Å². The van der Waals surface area contributed by atoms with Crippen molar-refractivity contribution in [1.82, 2.24) is 14.7 Å². The molecule has 3 aromatic rings. The Morgan fingerprint density at radius 2 is 1.72 bits per heavy atom. The first-order valence-electron chi connectivity index (χ1n) is 9.56. The lowest BCUT2D eigenvalue weighted by Crippen LogP contribution is -2.49. The van der Waals surface area contributed by atoms with Crippen LogP contribution < -0.4 is 9.64 Å². The summed E-state index contributed by atoms with van der Waals surface area (Å²) in [5.41, 5.74) is 3.24. The number of rotatable bonds is 4. The van der Waals surface area contributed by atoms with Crippen LogP contribution in [0.3, 0.4) is 0 Å². The molecular weight excluding hydrogens is 388 g/mol. The Hall–Kier alpha value is -2.99. The molecule has 0 radical (unpaired) electrons. The summed E-state index contributed by atoms with van der Waals surface area (Å²) in [6.45, 7) is 4.72. The molecule has 1 saturated heterocycles. The van der Waals surface area contributed by atoms with Gasteiger partial charge in [-0.05, 0) is 43.3 Å². The minimum atomic E-state index is -0.0177. The number of aryl methyl sites for hydroxylation is 1. The van der Waals surface area contributed by atoms with Gasteiger partial charge >= 0.3 is 0 Å². The van der Waals surface area contributed by atoms with Crippen LogP contribution in [0.5, 0.6) is 5.75 Å². The molecule has 150 valence electrons. The van der Waals surface area contributed by atoms with Crippen LogP contribution in [0.15, 0.2) is 54.6 Å². The number of piperazine rings is 1. The number of nitrogens with zero attached hydrogens (tertiary/aromatic N) is 4. The number of carbonyl (C=O) groups is 1. The largest absolute Gasteiger partial charge is 0.497 e. The predicted octanol–water partition coefficient (Wildman–Crippen LogP) is 3.81. The Morgan fingerprint density at radius 3 is 2.45 bits per heavy atom. The molecule has 0 unspecified atom stereocenters. The van der Waals surface area contributed by atoms with Gasteiger partial charge in [0.05, 0.1) is 18.5 Å². The average molecular weight is 411 g/mol. The molecule has 0 saturated carbocycles. The van der Waals surface area contributed by atoms with E-state index in [-0.39, 0.29) is 5.91 Å². The molecule has 2 aromatic carbocycles. The highest BCUT2D eigenvalue weighted by Crippen LogP contribution is 2.23. The van der Waals surface area contributed by atoms with E-state index in [4.69, 9.17) is 16.3 Å². The number of hydrogen-bond acceptors (Lipinski definition) is 4. The van der Waals surface area contributed by atoms with Crippen LogP contribution >= 0.6 is 11.6 Å². The highest BCUT2D eigenvalue weighted by Gasteiger charge is 2.26. The Kier molecular flexibility index (Phi) is 5.45. The number of ether oxygens (including phenoxy) is 1. The molecule has 1 aliphatic rings. The van der Waals surface area contributed by atoms with Crippen molar-refractivity contribution >= 4 is 23.2 Å². The summed E-state index contributed by atoms with van der Waals surface area (Å²) in [4.78, 5) is 17.4. The summed E-state index contributed by atoms with van der Waals surface area (Å²) in [6.07, 6.45) is 0. The SMILES string of the molecule is COc1cccc(N2CCN(C(=O)c3cc(C)nn3-c3cccc(Cl)c3)CC2)c1. The van der Waals surface area contributed by atoms with Crippen LogP contribution in [0, 0.1) is 6.92 Å². The van der Waals surface area contributed by atoms with Crippen molar-refractivity contribution in [3.63, 3.8) is 0 Å². The first-order valence-corrected chi connectivity index (χ1v) is 9.94. The number of aromatic nitrogens is 2. The highest BCUT2D eigenvalue weighted by molar-refractivity contribution is 6.30. The fourth-order valence-electron chi connectivity index (χ4n) is 3.59. The summed E-state index contributed by atoms with van der Waals surface area (Å²) >= 11 is 6.13. The Labute approximate surface area is 175 Å². The lowest BCUT2D eigenvalue weighted by atomic mass is 10.2. The second kappa shape index (κ2) is 8.17. The van der Waals surface area contributed by atoms with Crippen molar-refractivity contribution < 1.29 is 9.53 Å². The number of amides is 1. The van der Waals surface area contributed by atoms with E-state index < -0.39 is 0 Å². The van der Waals surface area contributed by atoms with Crippen LogP contribution in [0.25, 0.3) is 5.69 Å². The first kappa shape index (κ1) is 19.3. The Balaban J connectivity index is 1.50. The predicted molar refractivity (Wildman–Crippen MR) is 114 cm³/mol. The van der Waals surface area contributed by atoms with Gasteiger partial charge in [-0.15, -0.1) is 0 Å². The molecule has 6 nitrogen and oxygen atoms in total. The summed E-state index contributed by atoms with van der Waals surface area (Å²) in [5, 5.41) is 5.12. The molecule has 0 atom stereocenters. The van der Waals surface area contributed by atoms with Gasteiger partial charge in [0.2, 0.25) is 0 Å². The summed E-state index contributed by atoms with van der Waals surface area (Å²) in [5.74, 6) is 0.817. The molecule has 1 amide bonds. The van der Waals surface area contributed by atoms with Crippen molar-refractivity contribution in [3.8, 4) is 11.4 Å². The van der Waals surface area contributed by atoms with Gasteiger partial charge in [0.25, 0.3) is 5.91 Å². The fourth-order valence-corrected chi connectivity index (χ4v) is 3.78. The molecule has 1 aromatic heterocycles. The number of hydrogen-bond donors (Lipinski definition) is 0. The van der Waals surface area contributed by atoms with E-state index in [2.05, 4.69) is 16.1 Å². The quantitative estimate of drug-likeness (QED) is 0.656. The average Bonchev–Trinajstić information content (AvgIpc) is 3.15. The first-order chi connectivity index (χ1) is 14.0. The molecular formula is C22H23ClN4O2. The minimum Gasteiger partial charge on any atom is -0.497 e. The van der Waals surface area contributed by atoms with Gasteiger partial charge in [-0.2, -0.15) is 5.10 Å². The van der Waals surface area contributed by atoms with Crippen molar-refractivity contribution in [3.05, 3.63) is 71.0 Å². The second-order valence-electron chi connectivity index (χ2n) is 7.04. The second-order valence-corrected chi connectivity index (χ2v) is 7.48. The van der Waals surface area contributed by atoms with Gasteiger partial charge in [-0.1, -0.05) is 23.7 Å². The highest BCUT2D eigenvalue weighted by atomic mass is 35.5. The third kappa shape index (κ3) is 4.07. The lowest BCUT2D eigenvalue weighted by molar-refractivity contribution is 0.0737. The van der Waals surface area contributed by atoms with Gasteiger partial charge in [-0.3, -0.25) is 4.79 Å². The number of carbonyl (C=O) groups excluding carboxylic acids is 1. The maximum atomic E-state index is 13.2. The van der Waals surface area contributed by atoms with Crippen molar-refractivity contribution in [2.45, 2.75) is 6.92 Å². The standard InChI is InChI=1S/C22H23ClN4O2/c1-16-13-21(27(24-16)19-7-3-5-17(23)14-19)22(28)26-11-9-25(10-12-26)18-6-4-8-20(15-18)29-2/h3-8,13-15H,9-12H2,1-2H3. The van der Waals surface area contributed by atoms with E-state index in [0.29, 0.717) is 23.8 Å². The minimum absolute atomic E-state index is 0.0177. The monoisotopic (exact) mass is 410 g/mol. The topological polar surface area (TPSA) is 50.6 Å². The molecule has 1 aliphatic heterocycles. The zero-order valence-electron chi connectivity index (χ0n) is 16.5. The lowest BCUT2D eigenvalue weighted by Gasteiger charge is -2.36. The molecule has 0 N–H and O–H groups in total. The molecule has 7 heteroatoms. The van der Waals surface area contributed by atoms with Gasteiger partial charge < -0.3 is 14.5 Å². The molecule has 4 rings (SSSR count). The van der Waals surface area contributed by atoms with Gasteiger partial charge in [0, 0.05) is 43.0 Å². The van der Waals surface area contributed by atoms with Crippen LogP contribution in [0.4, 0.5) is 5.69 Å². The normalized spacial score (nSPS) is 14.2. The van der Waals surface area contributed by atoms with E-state index in [1.54, 1.807) is 17.9 Å². The maximum Gasteiger partial charge on any atom is 0.272 e. The molecule has 0 bridgehead atoms. The summed E-state index contributed by atoms with van der Waals surface area (Å²) in [6, 6.07) is 17.2. The van der Waals surface area contributed by atoms with E-state index in [0.717, 1.165) is 35.9 Å². The van der Waals surface area contributed by atoms with E-state index in [1.807, 2.05) is 54.3 Å². The molecule has 0 spiro atoms. The maximum absolute atomic E-state index is 13.2. The fraction of sp³-hybridized carbons (Fsp3) is 0.273. The van der Waals surface area contributed by atoms with Crippen molar-refractivity contribution in [1.29, 1.82) is 0 Å². The third-order valence-electron chi connectivity index (χ3n) is 5.09. The zero-order chi connectivity index (χ0) is 20.4. The molecule has 0 aliphatic carbocycles. The Bertz CT molecular complexity index is 1030. The van der Waals surface area contributed by atoms with Crippen molar-refractivity contribution in [2.75, 3.05) is 38.2 Å². The summed E-state index contributed by atoms with van der Waals surface area (Å²) < 4.78 is 7.00. The zero-order valence-corrected chi connectivity index (χ0v) is 17.3. The number of anilines is 1. The number of halogens is 1. The number of methoxy groups -OCH3 is 1. The van der Waals surface area contributed by atoms with Crippen LogP contribution in [0.2, 0.25) is 5.02 Å². The Morgan fingerprint density at radius 1 is 1.00 bits per heavy atom. The molecule has 1 fully saturated rings. The molecule has 29 heavy (non-hydrogen) atoms. The van der Waals surface area contributed by atoms with Crippen LogP contribution in [-0.2, 0) is 0 Å². The van der Waals surface area contributed by atoms with Crippen LogP contribution in [-0.4, -0.2) is 53.9 Å². The summed E-state index contributed by atoms with van der Waals surface area (Å²) in [7, 11) is 1.67. The molecule has 2 heterocycles. The van der Waals surface area contributed by atoms with Gasteiger partial charge in [-0.25, -0.2) is 4.68 Å².